The maximum absolute atomic E-state index is 13.2. The van der Waals surface area contributed by atoms with Gasteiger partial charge in [0.05, 0.1) is 11.1 Å². The fourth-order valence-electron chi connectivity index (χ4n) is 2.12. The average molecular weight is 292 g/mol. The van der Waals surface area contributed by atoms with Crippen LogP contribution >= 0.6 is 11.6 Å². The van der Waals surface area contributed by atoms with Crippen molar-refractivity contribution in [1.29, 1.82) is 0 Å². The molecule has 102 valence electrons. The summed E-state index contributed by atoms with van der Waals surface area (Å²) in [5.74, 6) is 0.0748. The zero-order valence-corrected chi connectivity index (χ0v) is 11.2. The second-order valence-corrected chi connectivity index (χ2v) is 4.95. The second kappa shape index (κ2) is 5.13. The van der Waals surface area contributed by atoms with Crippen molar-refractivity contribution in [1.82, 2.24) is 0 Å². The minimum absolute atomic E-state index is 0.0144. The molecular weight excluding hydrogens is 281 g/mol. The number of halogens is 2. The number of amides is 1. The molecule has 0 bridgehead atoms. The van der Waals surface area contributed by atoms with E-state index in [0.717, 1.165) is 5.56 Å². The summed E-state index contributed by atoms with van der Waals surface area (Å²) in [6, 6.07) is 11.4. The number of nitrogens with one attached hydrogen (secondary N) is 1. The number of carbonyl (C=O) groups excluding carboxylic acids is 1. The Labute approximate surface area is 120 Å². The normalized spacial score (nSPS) is 15.0. The van der Waals surface area contributed by atoms with Crippen LogP contribution in [0.3, 0.4) is 0 Å². The number of carbonyl (C=O) groups is 1. The van der Waals surface area contributed by atoms with E-state index in [4.69, 9.17) is 16.3 Å². The Balaban J connectivity index is 1.94. The van der Waals surface area contributed by atoms with E-state index in [1.165, 1.54) is 12.1 Å². The third-order valence-corrected chi connectivity index (χ3v) is 3.57. The van der Waals surface area contributed by atoms with Gasteiger partial charge < -0.3 is 10.1 Å². The van der Waals surface area contributed by atoms with Gasteiger partial charge in [0.1, 0.15) is 11.6 Å². The van der Waals surface area contributed by atoms with E-state index in [2.05, 4.69) is 5.32 Å². The number of rotatable bonds is 2. The Bertz CT molecular complexity index is 675. The summed E-state index contributed by atoms with van der Waals surface area (Å²) in [6.07, 6.45) is 0. The number of hydrogen-bond acceptors (Lipinski definition) is 2. The number of ether oxygens (including phenoxy) is 1. The molecule has 0 spiro atoms. The third-order valence-electron chi connectivity index (χ3n) is 3.07. The van der Waals surface area contributed by atoms with E-state index in [-0.39, 0.29) is 18.3 Å². The predicted octanol–water partition coefficient (Wildman–Crippen LogP) is 3.48. The molecule has 0 fully saturated rings. The molecule has 3 nitrogen and oxygen atoms in total. The number of fused-ring (bicyclic) bond motifs is 1. The largest absolute Gasteiger partial charge is 0.482 e. The Kier molecular flexibility index (Phi) is 3.32. The zero-order valence-electron chi connectivity index (χ0n) is 10.4. The van der Waals surface area contributed by atoms with Crippen LogP contribution in [0.25, 0.3) is 0 Å². The smallest absolute Gasteiger partial charge is 0.262 e. The van der Waals surface area contributed by atoms with Crippen LogP contribution in [0.2, 0.25) is 0 Å². The van der Waals surface area contributed by atoms with Gasteiger partial charge in [0, 0.05) is 0 Å². The van der Waals surface area contributed by atoms with E-state index in [1.54, 1.807) is 30.3 Å². The highest BCUT2D eigenvalue weighted by Gasteiger charge is 2.19. The van der Waals surface area contributed by atoms with Crippen molar-refractivity contribution in [2.45, 2.75) is 5.38 Å². The molecule has 2 aromatic rings. The van der Waals surface area contributed by atoms with Crippen molar-refractivity contribution in [3.63, 3.8) is 0 Å². The number of benzene rings is 2. The zero-order chi connectivity index (χ0) is 14.1. The van der Waals surface area contributed by atoms with Crippen LogP contribution in [0.15, 0.2) is 42.5 Å². The van der Waals surface area contributed by atoms with E-state index < -0.39 is 5.38 Å². The molecule has 1 aliphatic heterocycles. The highest BCUT2D eigenvalue weighted by Crippen LogP contribution is 2.35. The van der Waals surface area contributed by atoms with Gasteiger partial charge in [0.15, 0.2) is 6.61 Å². The number of alkyl halides is 1. The summed E-state index contributed by atoms with van der Waals surface area (Å²) in [4.78, 5) is 11.3. The first-order chi connectivity index (χ1) is 9.63. The molecule has 1 heterocycles. The minimum Gasteiger partial charge on any atom is -0.482 e. The summed E-state index contributed by atoms with van der Waals surface area (Å²) in [5.41, 5.74) is 2.01. The summed E-state index contributed by atoms with van der Waals surface area (Å²) in [7, 11) is 0. The molecule has 5 heteroatoms. The van der Waals surface area contributed by atoms with Crippen LogP contribution in [-0.2, 0) is 4.79 Å². The molecule has 1 aliphatic rings. The van der Waals surface area contributed by atoms with Gasteiger partial charge >= 0.3 is 0 Å². The Morgan fingerprint density at radius 2 is 2.00 bits per heavy atom. The monoisotopic (exact) mass is 291 g/mol. The maximum atomic E-state index is 13.2. The lowest BCUT2D eigenvalue weighted by Gasteiger charge is -2.20. The van der Waals surface area contributed by atoms with Crippen molar-refractivity contribution >= 4 is 23.2 Å². The van der Waals surface area contributed by atoms with Gasteiger partial charge in [-0.25, -0.2) is 4.39 Å². The first-order valence-corrected chi connectivity index (χ1v) is 6.53. The summed E-state index contributed by atoms with van der Waals surface area (Å²) in [5, 5.41) is 2.23. The molecule has 3 rings (SSSR count). The van der Waals surface area contributed by atoms with E-state index in [9.17, 15) is 9.18 Å². The third kappa shape index (κ3) is 2.47. The van der Waals surface area contributed by atoms with E-state index in [1.807, 2.05) is 0 Å². The average Bonchev–Trinajstić information content (AvgIpc) is 2.45. The fourth-order valence-corrected chi connectivity index (χ4v) is 2.39. The molecule has 0 aromatic heterocycles. The van der Waals surface area contributed by atoms with Crippen molar-refractivity contribution < 1.29 is 13.9 Å². The molecule has 0 aliphatic carbocycles. The Morgan fingerprint density at radius 3 is 2.80 bits per heavy atom. The molecule has 1 amide bonds. The first-order valence-electron chi connectivity index (χ1n) is 6.09. The molecule has 0 radical (unpaired) electrons. The van der Waals surface area contributed by atoms with Gasteiger partial charge in [0.2, 0.25) is 0 Å². The van der Waals surface area contributed by atoms with Gasteiger partial charge in [-0.1, -0.05) is 18.2 Å². The topological polar surface area (TPSA) is 38.3 Å². The van der Waals surface area contributed by atoms with Gasteiger partial charge in [-0.2, -0.15) is 0 Å². The Morgan fingerprint density at radius 1 is 1.20 bits per heavy atom. The van der Waals surface area contributed by atoms with Crippen molar-refractivity contribution in [2.75, 3.05) is 11.9 Å². The van der Waals surface area contributed by atoms with Crippen LogP contribution in [0.4, 0.5) is 10.1 Å². The number of anilines is 1. The van der Waals surface area contributed by atoms with Gasteiger partial charge in [-0.05, 0) is 35.4 Å². The summed E-state index contributed by atoms with van der Waals surface area (Å²) < 4.78 is 18.5. The molecular formula is C15H11ClFNO2. The molecule has 0 saturated heterocycles. The molecule has 20 heavy (non-hydrogen) atoms. The predicted molar refractivity (Wildman–Crippen MR) is 74.7 cm³/mol. The molecule has 1 atom stereocenters. The maximum Gasteiger partial charge on any atom is 0.262 e. The molecule has 1 N–H and O–H groups in total. The Hall–Kier alpha value is -2.07. The highest BCUT2D eigenvalue weighted by molar-refractivity contribution is 6.22. The van der Waals surface area contributed by atoms with Crippen molar-refractivity contribution in [3.05, 3.63) is 59.4 Å². The summed E-state index contributed by atoms with van der Waals surface area (Å²) >= 11 is 6.36. The van der Waals surface area contributed by atoms with Crippen LogP contribution < -0.4 is 10.1 Å². The van der Waals surface area contributed by atoms with Crippen LogP contribution in [0, 0.1) is 5.82 Å². The minimum atomic E-state index is -0.491. The standard InChI is InChI=1S/C15H11ClFNO2/c16-15(9-2-1-3-11(17)6-9)10-4-5-13-12(7-10)18-14(19)8-20-13/h1-7,15H,8H2,(H,18,19). The van der Waals surface area contributed by atoms with Crippen LogP contribution in [-0.4, -0.2) is 12.5 Å². The number of hydrogen-bond donors (Lipinski definition) is 1. The lowest BCUT2D eigenvalue weighted by atomic mass is 10.0. The lowest BCUT2D eigenvalue weighted by molar-refractivity contribution is -0.118. The molecule has 2 aromatic carbocycles. The fraction of sp³-hybridized carbons (Fsp3) is 0.133. The van der Waals surface area contributed by atoms with Gasteiger partial charge in [-0.3, -0.25) is 4.79 Å². The van der Waals surface area contributed by atoms with E-state index >= 15 is 0 Å². The van der Waals surface area contributed by atoms with Gasteiger partial charge in [-0.15, -0.1) is 11.6 Å². The van der Waals surface area contributed by atoms with Crippen LogP contribution in [0.5, 0.6) is 5.75 Å². The SMILES string of the molecule is O=C1COc2ccc(C(Cl)c3cccc(F)c3)cc2N1. The second-order valence-electron chi connectivity index (χ2n) is 4.51. The highest BCUT2D eigenvalue weighted by atomic mass is 35.5. The first kappa shape index (κ1) is 12.9. The van der Waals surface area contributed by atoms with Gasteiger partial charge in [0.25, 0.3) is 5.91 Å². The molecule has 1 unspecified atom stereocenters. The van der Waals surface area contributed by atoms with E-state index in [0.29, 0.717) is 17.0 Å². The lowest BCUT2D eigenvalue weighted by Crippen LogP contribution is -2.25. The van der Waals surface area contributed by atoms with Crippen LogP contribution in [0.1, 0.15) is 16.5 Å². The van der Waals surface area contributed by atoms with Crippen molar-refractivity contribution in [2.24, 2.45) is 0 Å². The molecule has 0 saturated carbocycles. The van der Waals surface area contributed by atoms with Crippen molar-refractivity contribution in [3.8, 4) is 5.75 Å². The quantitative estimate of drug-likeness (QED) is 0.860. The summed E-state index contributed by atoms with van der Waals surface area (Å²) in [6.45, 7) is 0.0144.